The number of hydrogen-bond acceptors (Lipinski definition) is 3. The SMILES string of the molecule is C=C(C(C)C)[C@]1(OO)CCCCCC1=O. The van der Waals surface area contributed by atoms with Gasteiger partial charge in [0, 0.05) is 6.42 Å². The first-order valence-electron chi connectivity index (χ1n) is 5.59. The lowest BCUT2D eigenvalue weighted by Crippen LogP contribution is -2.43. The second-order valence-electron chi connectivity index (χ2n) is 4.58. The largest absolute Gasteiger partial charge is 0.296 e. The van der Waals surface area contributed by atoms with Crippen molar-refractivity contribution in [1.29, 1.82) is 0 Å². The zero-order chi connectivity index (χ0) is 11.5. The summed E-state index contributed by atoms with van der Waals surface area (Å²) in [7, 11) is 0. The Bertz CT molecular complexity index is 258. The van der Waals surface area contributed by atoms with Crippen LogP contribution >= 0.6 is 0 Å². The molecule has 1 rings (SSSR count). The van der Waals surface area contributed by atoms with Crippen LogP contribution < -0.4 is 0 Å². The van der Waals surface area contributed by atoms with Crippen molar-refractivity contribution in [2.45, 2.75) is 51.6 Å². The van der Waals surface area contributed by atoms with E-state index in [0.717, 1.165) is 19.3 Å². The number of ketones is 1. The Balaban J connectivity index is 2.98. The van der Waals surface area contributed by atoms with E-state index >= 15 is 0 Å². The Hall–Kier alpha value is -0.670. The van der Waals surface area contributed by atoms with E-state index in [4.69, 9.17) is 5.26 Å². The van der Waals surface area contributed by atoms with Gasteiger partial charge in [0.05, 0.1) is 0 Å². The van der Waals surface area contributed by atoms with Gasteiger partial charge in [-0.3, -0.25) is 10.1 Å². The number of Topliss-reactive ketones (excluding diaryl/α,β-unsaturated/α-hetero) is 1. The van der Waals surface area contributed by atoms with Crippen LogP contribution in [0.5, 0.6) is 0 Å². The van der Waals surface area contributed by atoms with E-state index in [1.165, 1.54) is 0 Å². The molecule has 0 spiro atoms. The highest BCUT2D eigenvalue weighted by atomic mass is 17.1. The van der Waals surface area contributed by atoms with E-state index in [0.29, 0.717) is 18.4 Å². The van der Waals surface area contributed by atoms with Gasteiger partial charge in [0.25, 0.3) is 0 Å². The van der Waals surface area contributed by atoms with Crippen LogP contribution in [0, 0.1) is 5.92 Å². The Kier molecular flexibility index (Phi) is 4.05. The lowest BCUT2D eigenvalue weighted by atomic mass is 9.80. The minimum Gasteiger partial charge on any atom is -0.296 e. The zero-order valence-corrected chi connectivity index (χ0v) is 9.58. The molecule has 86 valence electrons. The van der Waals surface area contributed by atoms with E-state index in [-0.39, 0.29) is 11.7 Å². The van der Waals surface area contributed by atoms with Gasteiger partial charge in [-0.25, -0.2) is 4.89 Å². The molecular weight excluding hydrogens is 192 g/mol. The number of carbonyl (C=O) groups excluding carboxylic acids is 1. The third kappa shape index (κ3) is 2.29. The third-order valence-corrected chi connectivity index (χ3v) is 3.25. The van der Waals surface area contributed by atoms with E-state index in [1.807, 2.05) is 13.8 Å². The normalized spacial score (nSPS) is 27.9. The van der Waals surface area contributed by atoms with Gasteiger partial charge in [0.2, 0.25) is 0 Å². The summed E-state index contributed by atoms with van der Waals surface area (Å²) in [6.07, 6.45) is 3.83. The Morgan fingerprint density at radius 1 is 1.47 bits per heavy atom. The van der Waals surface area contributed by atoms with Crippen molar-refractivity contribution in [3.63, 3.8) is 0 Å². The Labute approximate surface area is 91.1 Å². The monoisotopic (exact) mass is 212 g/mol. The highest BCUT2D eigenvalue weighted by Gasteiger charge is 2.43. The van der Waals surface area contributed by atoms with Crippen LogP contribution in [-0.2, 0) is 9.68 Å². The van der Waals surface area contributed by atoms with Gasteiger partial charge in [-0.1, -0.05) is 26.8 Å². The minimum absolute atomic E-state index is 0.0267. The van der Waals surface area contributed by atoms with Crippen LogP contribution in [0.3, 0.4) is 0 Å². The van der Waals surface area contributed by atoms with Gasteiger partial charge in [0.1, 0.15) is 0 Å². The van der Waals surface area contributed by atoms with E-state index in [2.05, 4.69) is 11.5 Å². The average molecular weight is 212 g/mol. The molecule has 3 heteroatoms. The first kappa shape index (κ1) is 12.4. The van der Waals surface area contributed by atoms with Crippen molar-refractivity contribution >= 4 is 5.78 Å². The van der Waals surface area contributed by atoms with Crippen molar-refractivity contribution < 1.29 is 14.9 Å². The molecule has 0 radical (unpaired) electrons. The minimum atomic E-state index is -1.13. The molecule has 1 saturated carbocycles. The van der Waals surface area contributed by atoms with Crippen LogP contribution in [0.25, 0.3) is 0 Å². The molecule has 0 aliphatic heterocycles. The predicted molar refractivity (Wildman–Crippen MR) is 58.5 cm³/mol. The van der Waals surface area contributed by atoms with Crippen LogP contribution in [-0.4, -0.2) is 16.6 Å². The molecule has 1 aliphatic rings. The molecule has 1 fully saturated rings. The summed E-state index contributed by atoms with van der Waals surface area (Å²) in [6, 6.07) is 0. The molecule has 0 aromatic heterocycles. The zero-order valence-electron chi connectivity index (χ0n) is 9.58. The highest BCUT2D eigenvalue weighted by molar-refractivity contribution is 5.90. The Morgan fingerprint density at radius 2 is 2.13 bits per heavy atom. The molecular formula is C12H20O3. The molecule has 0 unspecified atom stereocenters. The molecule has 1 aliphatic carbocycles. The van der Waals surface area contributed by atoms with E-state index < -0.39 is 5.60 Å². The van der Waals surface area contributed by atoms with Crippen molar-refractivity contribution in [2.75, 3.05) is 0 Å². The maximum absolute atomic E-state index is 12.0. The van der Waals surface area contributed by atoms with Gasteiger partial charge in [-0.05, 0) is 30.8 Å². The lowest BCUT2D eigenvalue weighted by Gasteiger charge is -2.31. The summed E-state index contributed by atoms with van der Waals surface area (Å²) >= 11 is 0. The third-order valence-electron chi connectivity index (χ3n) is 3.25. The molecule has 0 saturated heterocycles. The smallest absolute Gasteiger partial charge is 0.182 e. The fraction of sp³-hybridized carbons (Fsp3) is 0.750. The molecule has 0 aromatic carbocycles. The fourth-order valence-corrected chi connectivity index (χ4v) is 2.14. The van der Waals surface area contributed by atoms with Crippen LogP contribution in [0.4, 0.5) is 0 Å². The lowest BCUT2D eigenvalue weighted by molar-refractivity contribution is -0.302. The van der Waals surface area contributed by atoms with Crippen molar-refractivity contribution in [3.05, 3.63) is 12.2 Å². The summed E-state index contributed by atoms with van der Waals surface area (Å²) in [4.78, 5) is 16.5. The van der Waals surface area contributed by atoms with Gasteiger partial charge in [0.15, 0.2) is 11.4 Å². The van der Waals surface area contributed by atoms with Crippen LogP contribution in [0.15, 0.2) is 12.2 Å². The molecule has 0 amide bonds. The second-order valence-corrected chi connectivity index (χ2v) is 4.58. The molecule has 15 heavy (non-hydrogen) atoms. The second kappa shape index (κ2) is 4.90. The topological polar surface area (TPSA) is 46.5 Å². The predicted octanol–water partition coefficient (Wildman–Crippen LogP) is 2.96. The summed E-state index contributed by atoms with van der Waals surface area (Å²) in [5, 5.41) is 9.07. The quantitative estimate of drug-likeness (QED) is 0.338. The molecule has 1 N–H and O–H groups in total. The maximum Gasteiger partial charge on any atom is 0.182 e. The number of rotatable bonds is 3. The van der Waals surface area contributed by atoms with Gasteiger partial charge in [-0.2, -0.15) is 0 Å². The molecule has 0 heterocycles. The average Bonchev–Trinajstić information content (AvgIpc) is 2.40. The Morgan fingerprint density at radius 3 is 2.67 bits per heavy atom. The van der Waals surface area contributed by atoms with E-state index in [9.17, 15) is 4.79 Å². The standard InChI is InChI=1S/C12H20O3/c1-9(2)10(3)12(15-14)8-6-4-5-7-11(12)13/h9,14H,3-8H2,1-2H3/t12-/m1/s1. The fourth-order valence-electron chi connectivity index (χ4n) is 2.14. The van der Waals surface area contributed by atoms with Crippen LogP contribution in [0.2, 0.25) is 0 Å². The molecule has 0 aromatic rings. The van der Waals surface area contributed by atoms with Gasteiger partial charge in [-0.15, -0.1) is 0 Å². The summed E-state index contributed by atoms with van der Waals surface area (Å²) in [5.41, 5.74) is -0.443. The van der Waals surface area contributed by atoms with Crippen molar-refractivity contribution in [2.24, 2.45) is 5.92 Å². The van der Waals surface area contributed by atoms with E-state index in [1.54, 1.807) is 0 Å². The molecule has 3 nitrogen and oxygen atoms in total. The molecule has 1 atom stereocenters. The molecule has 0 bridgehead atoms. The first-order chi connectivity index (χ1) is 7.04. The summed E-state index contributed by atoms with van der Waals surface area (Å²) in [5.74, 6) is 0.111. The summed E-state index contributed by atoms with van der Waals surface area (Å²) in [6.45, 7) is 7.83. The number of hydrogen-bond donors (Lipinski definition) is 1. The van der Waals surface area contributed by atoms with Gasteiger partial charge >= 0.3 is 0 Å². The van der Waals surface area contributed by atoms with Gasteiger partial charge < -0.3 is 0 Å². The summed E-state index contributed by atoms with van der Waals surface area (Å²) < 4.78 is 0. The first-order valence-corrected chi connectivity index (χ1v) is 5.59. The van der Waals surface area contributed by atoms with Crippen molar-refractivity contribution in [1.82, 2.24) is 0 Å². The number of carbonyl (C=O) groups is 1. The van der Waals surface area contributed by atoms with Crippen LogP contribution in [0.1, 0.15) is 46.0 Å². The maximum atomic E-state index is 12.0. The highest BCUT2D eigenvalue weighted by Crippen LogP contribution is 2.35. The van der Waals surface area contributed by atoms with Crippen molar-refractivity contribution in [3.8, 4) is 0 Å².